The fraction of sp³-hybridized carbons (Fsp3) is 0.111. The minimum absolute atomic E-state index is 0.246. The van der Waals surface area contributed by atoms with Crippen molar-refractivity contribution in [3.05, 3.63) is 180 Å². The molecule has 1 aliphatic rings. The number of aromatic nitrogens is 1. The van der Waals surface area contributed by atoms with Crippen LogP contribution in [0.3, 0.4) is 0 Å². The van der Waals surface area contributed by atoms with Crippen LogP contribution in [0.1, 0.15) is 46.6 Å². The van der Waals surface area contributed by atoms with E-state index in [0.717, 1.165) is 30.4 Å². The maximum Gasteiger partial charge on any atom is 0.139 e. The van der Waals surface area contributed by atoms with E-state index in [1.54, 1.807) is 0 Å². The van der Waals surface area contributed by atoms with Crippen LogP contribution >= 0.6 is 0 Å². The second-order valence-electron chi connectivity index (χ2n) is 12.8. The van der Waals surface area contributed by atoms with Gasteiger partial charge in [0.2, 0.25) is 0 Å². The van der Waals surface area contributed by atoms with Crippen molar-refractivity contribution in [3.63, 3.8) is 0 Å². The Labute approximate surface area is 274 Å². The van der Waals surface area contributed by atoms with Crippen molar-refractivity contribution in [1.82, 2.24) is 4.57 Å². The molecule has 2 aromatic heterocycles. The molecular weight excluding hydrogens is 571 g/mol. The Bertz CT molecular complexity index is 2510. The normalized spacial score (nSPS) is 15.3. The third kappa shape index (κ3) is 4.63. The van der Waals surface area contributed by atoms with E-state index in [-0.39, 0.29) is 5.92 Å². The van der Waals surface area contributed by atoms with Gasteiger partial charge in [-0.1, -0.05) is 121 Å². The van der Waals surface area contributed by atoms with Crippen LogP contribution in [-0.2, 0) is 6.42 Å². The Morgan fingerprint density at radius 1 is 0.617 bits per heavy atom. The molecule has 9 rings (SSSR count). The summed E-state index contributed by atoms with van der Waals surface area (Å²) in [6, 6.07) is 48.6. The first-order valence-corrected chi connectivity index (χ1v) is 16.7. The number of aryl methyl sites for hydroxylation is 1. The van der Waals surface area contributed by atoms with Crippen molar-refractivity contribution in [1.29, 1.82) is 0 Å². The highest BCUT2D eigenvalue weighted by molar-refractivity contribution is 6.10. The molecular formula is C45H35NO. The van der Waals surface area contributed by atoms with E-state index < -0.39 is 0 Å². The number of para-hydroxylation sites is 4. The van der Waals surface area contributed by atoms with Crippen LogP contribution < -0.4 is 0 Å². The van der Waals surface area contributed by atoms with Gasteiger partial charge in [0.05, 0.1) is 11.0 Å². The Morgan fingerprint density at radius 2 is 1.34 bits per heavy atom. The zero-order valence-electron chi connectivity index (χ0n) is 26.5. The van der Waals surface area contributed by atoms with E-state index >= 15 is 0 Å². The summed E-state index contributed by atoms with van der Waals surface area (Å²) in [6.45, 7) is 2.14. The van der Waals surface area contributed by atoms with Crippen molar-refractivity contribution in [2.24, 2.45) is 0 Å². The Kier molecular flexibility index (Phi) is 6.67. The van der Waals surface area contributed by atoms with Gasteiger partial charge in [0.1, 0.15) is 11.2 Å². The zero-order chi connectivity index (χ0) is 31.3. The predicted molar refractivity (Wildman–Crippen MR) is 198 cm³/mol. The quantitative estimate of drug-likeness (QED) is 0.196. The number of rotatable bonds is 3. The summed E-state index contributed by atoms with van der Waals surface area (Å²) < 4.78 is 9.03. The standard InChI is InChI=1S/C45H35NO/c1-30-13-11-21-39-40-23-12-22-38(45(40)47-44(30)39)36-19-8-5-14-31(25-26-32-15-6-7-18-35(32)36)33-27-28-43-41(29-33)37-20-9-10-24-42(37)46(43)34-16-3-2-4-17-34/h2-7,9-18,20-25,27-29,36H,8,19,26H2,1H3. The molecule has 0 spiro atoms. The summed E-state index contributed by atoms with van der Waals surface area (Å²) in [7, 11) is 0. The molecule has 0 bridgehead atoms. The highest BCUT2D eigenvalue weighted by atomic mass is 16.3. The summed E-state index contributed by atoms with van der Waals surface area (Å²) in [6.07, 6.45) is 9.98. The number of fused-ring (bicyclic) bond motifs is 7. The Balaban J connectivity index is 1.14. The van der Waals surface area contributed by atoms with Crippen molar-refractivity contribution in [2.45, 2.75) is 32.1 Å². The molecule has 0 saturated heterocycles. The maximum atomic E-state index is 6.65. The lowest BCUT2D eigenvalue weighted by Gasteiger charge is -2.22. The summed E-state index contributed by atoms with van der Waals surface area (Å²) in [5, 5.41) is 4.97. The molecule has 0 aliphatic heterocycles. The van der Waals surface area contributed by atoms with Gasteiger partial charge in [-0.05, 0) is 84.3 Å². The highest BCUT2D eigenvalue weighted by Crippen LogP contribution is 2.41. The van der Waals surface area contributed by atoms with E-state index in [1.807, 2.05) is 0 Å². The third-order valence-electron chi connectivity index (χ3n) is 10.0. The van der Waals surface area contributed by atoms with Gasteiger partial charge in [-0.15, -0.1) is 0 Å². The van der Waals surface area contributed by atoms with E-state index in [0.29, 0.717) is 0 Å². The average molecular weight is 606 g/mol. The van der Waals surface area contributed by atoms with Crippen molar-refractivity contribution >= 4 is 49.3 Å². The number of benzene rings is 6. The molecule has 226 valence electrons. The molecule has 0 saturated carbocycles. The lowest BCUT2D eigenvalue weighted by molar-refractivity contribution is 0.644. The second kappa shape index (κ2) is 11.3. The van der Waals surface area contributed by atoms with Crippen molar-refractivity contribution in [3.8, 4) is 5.69 Å². The van der Waals surface area contributed by atoms with Crippen molar-refractivity contribution < 1.29 is 4.42 Å². The molecule has 0 amide bonds. The van der Waals surface area contributed by atoms with Crippen LogP contribution in [0.15, 0.2) is 156 Å². The first kappa shape index (κ1) is 27.7. The Hall–Kier alpha value is -5.60. The fourth-order valence-corrected chi connectivity index (χ4v) is 7.78. The summed E-state index contributed by atoms with van der Waals surface area (Å²) in [5.41, 5.74) is 13.4. The van der Waals surface area contributed by atoms with Gasteiger partial charge in [0.25, 0.3) is 0 Å². The van der Waals surface area contributed by atoms with Crippen LogP contribution in [0, 0.1) is 6.92 Å². The molecule has 2 heterocycles. The molecule has 8 aromatic rings. The predicted octanol–water partition coefficient (Wildman–Crippen LogP) is 12.1. The van der Waals surface area contributed by atoms with Gasteiger partial charge in [-0.2, -0.15) is 0 Å². The molecule has 2 nitrogen and oxygen atoms in total. The molecule has 1 unspecified atom stereocenters. The smallest absolute Gasteiger partial charge is 0.139 e. The number of nitrogens with zero attached hydrogens (tertiary/aromatic N) is 1. The average Bonchev–Trinajstić information content (AvgIpc) is 3.67. The maximum absolute atomic E-state index is 6.65. The molecule has 0 radical (unpaired) electrons. The topological polar surface area (TPSA) is 18.1 Å². The summed E-state index contributed by atoms with van der Waals surface area (Å²) in [4.78, 5) is 0. The van der Waals surface area contributed by atoms with Gasteiger partial charge >= 0.3 is 0 Å². The fourth-order valence-electron chi connectivity index (χ4n) is 7.78. The molecule has 2 heteroatoms. The summed E-state index contributed by atoms with van der Waals surface area (Å²) in [5.74, 6) is 0.246. The number of hydrogen-bond donors (Lipinski definition) is 0. The van der Waals surface area contributed by atoms with Gasteiger partial charge in [0, 0.05) is 38.7 Å². The molecule has 6 aromatic carbocycles. The van der Waals surface area contributed by atoms with Crippen LogP contribution in [0.2, 0.25) is 0 Å². The third-order valence-corrected chi connectivity index (χ3v) is 10.0. The largest absolute Gasteiger partial charge is 0.455 e. The molecule has 1 atom stereocenters. The number of allylic oxidation sites excluding steroid dienone is 4. The number of hydrogen-bond acceptors (Lipinski definition) is 1. The lowest BCUT2D eigenvalue weighted by atomic mass is 9.82. The van der Waals surface area contributed by atoms with Crippen LogP contribution in [0.25, 0.3) is 55.0 Å². The van der Waals surface area contributed by atoms with Crippen LogP contribution in [0.4, 0.5) is 0 Å². The van der Waals surface area contributed by atoms with Gasteiger partial charge in [0.15, 0.2) is 0 Å². The number of furan rings is 1. The van der Waals surface area contributed by atoms with Crippen LogP contribution in [-0.4, -0.2) is 4.57 Å². The van der Waals surface area contributed by atoms with E-state index in [2.05, 4.69) is 163 Å². The first-order valence-electron chi connectivity index (χ1n) is 16.7. The Morgan fingerprint density at radius 3 is 2.26 bits per heavy atom. The van der Waals surface area contributed by atoms with E-state index in [4.69, 9.17) is 4.42 Å². The van der Waals surface area contributed by atoms with E-state index in [1.165, 1.54) is 71.7 Å². The first-order chi connectivity index (χ1) is 23.2. The molecule has 47 heavy (non-hydrogen) atoms. The second-order valence-corrected chi connectivity index (χ2v) is 12.8. The zero-order valence-corrected chi connectivity index (χ0v) is 26.5. The van der Waals surface area contributed by atoms with Crippen molar-refractivity contribution in [2.75, 3.05) is 0 Å². The van der Waals surface area contributed by atoms with Crippen LogP contribution in [0.5, 0.6) is 0 Å². The van der Waals surface area contributed by atoms with Gasteiger partial charge < -0.3 is 8.98 Å². The highest BCUT2D eigenvalue weighted by Gasteiger charge is 2.23. The molecule has 1 aliphatic carbocycles. The molecule has 0 fully saturated rings. The monoisotopic (exact) mass is 605 g/mol. The van der Waals surface area contributed by atoms with Gasteiger partial charge in [-0.3, -0.25) is 0 Å². The SMILES string of the molecule is Cc1cccc2c1oc1c(C3CCC=CC(c4ccc5c(c4)c4ccccc4n5-c4ccccc4)=CCc4ccccc43)cccc12. The molecule has 0 N–H and O–H groups in total. The minimum atomic E-state index is 0.246. The summed E-state index contributed by atoms with van der Waals surface area (Å²) >= 11 is 0. The van der Waals surface area contributed by atoms with Gasteiger partial charge in [-0.25, -0.2) is 0 Å². The lowest BCUT2D eigenvalue weighted by Crippen LogP contribution is -2.06. The van der Waals surface area contributed by atoms with E-state index in [9.17, 15) is 0 Å². The minimum Gasteiger partial charge on any atom is -0.455 e.